The quantitative estimate of drug-likeness (QED) is 0.307. The van der Waals surface area contributed by atoms with E-state index in [1.165, 1.54) is 7.11 Å². The van der Waals surface area contributed by atoms with Crippen molar-refractivity contribution in [2.75, 3.05) is 20.3 Å². The second-order valence-corrected chi connectivity index (χ2v) is 11.6. The Bertz CT molecular complexity index is 1050. The smallest absolute Gasteiger partial charge is 0.343 e. The zero-order valence-corrected chi connectivity index (χ0v) is 22.8. The highest BCUT2D eigenvalue weighted by Crippen LogP contribution is 2.35. The zero-order valence-electron chi connectivity index (χ0n) is 21.1. The van der Waals surface area contributed by atoms with Gasteiger partial charge in [0, 0.05) is 11.8 Å². The Hall–Kier alpha value is -2.03. The van der Waals surface area contributed by atoms with Gasteiger partial charge in [0.1, 0.15) is 5.75 Å². The summed E-state index contributed by atoms with van der Waals surface area (Å²) in [5.41, 5.74) is 3.66. The van der Waals surface area contributed by atoms with Crippen molar-refractivity contribution < 1.29 is 22.7 Å². The van der Waals surface area contributed by atoms with Gasteiger partial charge in [-0.05, 0) is 52.1 Å². The van der Waals surface area contributed by atoms with E-state index in [-0.39, 0.29) is 30.2 Å². The maximum atomic E-state index is 13.5. The summed E-state index contributed by atoms with van der Waals surface area (Å²) >= 11 is 4.61. The van der Waals surface area contributed by atoms with Gasteiger partial charge in [0.25, 0.3) is 0 Å². The summed E-state index contributed by atoms with van der Waals surface area (Å²) in [5, 5.41) is -0.357. The fraction of sp³-hybridized carbons (Fsp3) is 0.500. The minimum absolute atomic E-state index is 0.0621. The summed E-state index contributed by atoms with van der Waals surface area (Å²) in [4.78, 5) is 11.6. The molecule has 1 atom stereocenters. The van der Waals surface area contributed by atoms with Crippen LogP contribution >= 0.6 is 12.6 Å². The van der Waals surface area contributed by atoms with Crippen molar-refractivity contribution in [3.8, 4) is 5.75 Å². The Morgan fingerprint density at radius 1 is 0.912 bits per heavy atom. The molecule has 0 aliphatic carbocycles. The Kier molecular flexibility index (Phi) is 10.0. The van der Waals surface area contributed by atoms with E-state index in [1.807, 2.05) is 39.8 Å². The molecule has 1 N–H and O–H groups in total. The molecule has 0 radical (unpaired) electrons. The number of nitrogens with one attached hydrogen (secondary N) is 1. The van der Waals surface area contributed by atoms with Crippen molar-refractivity contribution >= 4 is 28.6 Å². The van der Waals surface area contributed by atoms with Crippen LogP contribution in [0.4, 0.5) is 0 Å². The Morgan fingerprint density at radius 2 is 1.44 bits per heavy atom. The number of rotatable bonds is 11. The number of ether oxygens (including phenoxy) is 2. The monoisotopic (exact) mass is 507 g/mol. The number of esters is 1. The van der Waals surface area contributed by atoms with Crippen LogP contribution in [0.15, 0.2) is 41.3 Å². The highest BCUT2D eigenvalue weighted by atomic mass is 32.2. The summed E-state index contributed by atoms with van der Waals surface area (Å²) in [7, 11) is -2.46. The molecule has 0 aliphatic rings. The first kappa shape index (κ1) is 28.2. The van der Waals surface area contributed by atoms with Gasteiger partial charge in [-0.15, -0.1) is 0 Å². The zero-order chi connectivity index (χ0) is 25.6. The van der Waals surface area contributed by atoms with Crippen molar-refractivity contribution in [1.82, 2.24) is 4.72 Å². The second kappa shape index (κ2) is 12.1. The van der Waals surface area contributed by atoms with E-state index < -0.39 is 16.0 Å². The first-order chi connectivity index (χ1) is 15.9. The molecule has 0 bridgehead atoms. The summed E-state index contributed by atoms with van der Waals surface area (Å²) in [6, 6.07) is 11.1. The SMILES string of the molecule is COC(=O)COc1ccc(C(S)CNS(=O)(=O)c2c(C(C)C)cc(C(C)C)cc2C(C)C)cc1. The molecule has 0 aliphatic heterocycles. The lowest BCUT2D eigenvalue weighted by Gasteiger charge is -2.23. The molecular formula is C26H37NO5S2. The molecule has 0 saturated carbocycles. The number of methoxy groups -OCH3 is 1. The number of sulfonamides is 1. The van der Waals surface area contributed by atoms with Crippen molar-refractivity contribution in [1.29, 1.82) is 0 Å². The van der Waals surface area contributed by atoms with E-state index in [4.69, 9.17) is 4.74 Å². The lowest BCUT2D eigenvalue weighted by atomic mass is 9.89. The molecule has 6 nitrogen and oxygen atoms in total. The summed E-state index contributed by atoms with van der Waals surface area (Å²) in [6.07, 6.45) is 0. The molecule has 2 aromatic rings. The summed E-state index contributed by atoms with van der Waals surface area (Å²) in [5.74, 6) is 0.484. The number of thiol groups is 1. The van der Waals surface area contributed by atoms with Crippen LogP contribution in [0, 0.1) is 0 Å². The minimum Gasteiger partial charge on any atom is -0.482 e. The molecule has 0 heterocycles. The molecule has 2 rings (SSSR count). The van der Waals surface area contributed by atoms with Crippen LogP contribution in [0.25, 0.3) is 0 Å². The predicted molar refractivity (Wildman–Crippen MR) is 140 cm³/mol. The number of hydrogen-bond donors (Lipinski definition) is 2. The third-order valence-corrected chi connectivity index (χ3v) is 7.70. The van der Waals surface area contributed by atoms with Gasteiger partial charge in [-0.2, -0.15) is 12.6 Å². The molecular weight excluding hydrogens is 470 g/mol. The van der Waals surface area contributed by atoms with Crippen molar-refractivity contribution in [2.45, 2.75) is 69.4 Å². The molecule has 0 amide bonds. The maximum Gasteiger partial charge on any atom is 0.343 e. The van der Waals surface area contributed by atoms with Crippen LogP contribution < -0.4 is 9.46 Å². The van der Waals surface area contributed by atoms with Crippen molar-refractivity contribution in [2.24, 2.45) is 0 Å². The van der Waals surface area contributed by atoms with Gasteiger partial charge in [-0.1, -0.05) is 65.8 Å². The number of carbonyl (C=O) groups excluding carboxylic acids is 1. The summed E-state index contributed by atoms with van der Waals surface area (Å²) in [6.45, 7) is 12.3. The van der Waals surface area contributed by atoms with Gasteiger partial charge >= 0.3 is 5.97 Å². The fourth-order valence-electron chi connectivity index (χ4n) is 3.57. The Morgan fingerprint density at radius 3 is 1.88 bits per heavy atom. The minimum atomic E-state index is -3.76. The second-order valence-electron chi connectivity index (χ2n) is 9.29. The van der Waals surface area contributed by atoms with Crippen LogP contribution in [0.2, 0.25) is 0 Å². The van der Waals surface area contributed by atoms with E-state index in [9.17, 15) is 13.2 Å². The van der Waals surface area contributed by atoms with E-state index in [0.717, 1.165) is 22.3 Å². The Balaban J connectivity index is 2.25. The van der Waals surface area contributed by atoms with E-state index in [1.54, 1.807) is 24.3 Å². The van der Waals surface area contributed by atoms with E-state index in [0.29, 0.717) is 16.6 Å². The lowest BCUT2D eigenvalue weighted by molar-refractivity contribution is -0.142. The van der Waals surface area contributed by atoms with Crippen LogP contribution in [0.1, 0.15) is 86.8 Å². The third-order valence-electron chi connectivity index (χ3n) is 5.66. The largest absolute Gasteiger partial charge is 0.482 e. The third kappa shape index (κ3) is 7.23. The van der Waals surface area contributed by atoms with Crippen molar-refractivity contribution in [3.05, 3.63) is 58.7 Å². The average Bonchev–Trinajstić information content (AvgIpc) is 2.80. The highest BCUT2D eigenvalue weighted by molar-refractivity contribution is 7.89. The normalized spacial score (nSPS) is 12.9. The first-order valence-corrected chi connectivity index (χ1v) is 13.5. The molecule has 0 saturated heterocycles. The Labute approximate surface area is 209 Å². The molecule has 1 unspecified atom stereocenters. The van der Waals surface area contributed by atoms with Gasteiger partial charge in [-0.25, -0.2) is 17.9 Å². The van der Waals surface area contributed by atoms with Gasteiger partial charge < -0.3 is 9.47 Å². The average molecular weight is 508 g/mol. The van der Waals surface area contributed by atoms with Gasteiger partial charge in [0.05, 0.1) is 12.0 Å². The van der Waals surface area contributed by atoms with Crippen LogP contribution in [0.3, 0.4) is 0 Å². The van der Waals surface area contributed by atoms with Crippen LogP contribution in [0.5, 0.6) is 5.75 Å². The molecule has 188 valence electrons. The van der Waals surface area contributed by atoms with Crippen LogP contribution in [-0.2, 0) is 19.6 Å². The molecule has 0 aromatic heterocycles. The van der Waals surface area contributed by atoms with Gasteiger partial charge in [0.2, 0.25) is 10.0 Å². The molecule has 0 fully saturated rings. The number of carbonyl (C=O) groups is 1. The fourth-order valence-corrected chi connectivity index (χ4v) is 5.69. The van der Waals surface area contributed by atoms with Crippen molar-refractivity contribution in [3.63, 3.8) is 0 Å². The lowest BCUT2D eigenvalue weighted by Crippen LogP contribution is -2.29. The molecule has 2 aromatic carbocycles. The van der Waals surface area contributed by atoms with E-state index in [2.05, 4.69) is 35.9 Å². The highest BCUT2D eigenvalue weighted by Gasteiger charge is 2.27. The molecule has 34 heavy (non-hydrogen) atoms. The van der Waals surface area contributed by atoms with Gasteiger partial charge in [0.15, 0.2) is 6.61 Å². The number of hydrogen-bond acceptors (Lipinski definition) is 6. The maximum absolute atomic E-state index is 13.5. The number of benzene rings is 2. The molecule has 8 heteroatoms. The standard InChI is InChI=1S/C26H37NO5S2/c1-16(2)20-12-22(17(3)4)26(23(13-20)18(5)6)34(29,30)27-14-24(33)19-8-10-21(11-9-19)32-15-25(28)31-7/h8-13,16-18,24,27,33H,14-15H2,1-7H3. The first-order valence-electron chi connectivity index (χ1n) is 11.5. The molecule has 0 spiro atoms. The van der Waals surface area contributed by atoms with E-state index >= 15 is 0 Å². The predicted octanol–water partition coefficient (Wildman–Crippen LogP) is 5.56. The van der Waals surface area contributed by atoms with Crippen LogP contribution in [-0.4, -0.2) is 34.6 Å². The topological polar surface area (TPSA) is 81.7 Å². The summed E-state index contributed by atoms with van der Waals surface area (Å²) < 4.78 is 39.7. The van der Waals surface area contributed by atoms with Gasteiger partial charge in [-0.3, -0.25) is 0 Å².